The normalized spacial score (nSPS) is 18.5. The van der Waals surface area contributed by atoms with Crippen LogP contribution >= 0.6 is 0 Å². The number of rotatable bonds is 5. The zero-order chi connectivity index (χ0) is 15.2. The second kappa shape index (κ2) is 7.19. The molecule has 1 aliphatic heterocycles. The van der Waals surface area contributed by atoms with Crippen LogP contribution in [-0.2, 0) is 27.3 Å². The van der Waals surface area contributed by atoms with Crippen molar-refractivity contribution in [3.63, 3.8) is 0 Å². The summed E-state index contributed by atoms with van der Waals surface area (Å²) >= 11 is 0. The topological polar surface area (TPSA) is 92.9 Å². The fourth-order valence-electron chi connectivity index (χ4n) is 2.47. The largest absolute Gasteiger partial charge is 0.481 e. The van der Waals surface area contributed by atoms with Gasteiger partial charge in [-0.25, -0.2) is 0 Å². The maximum absolute atomic E-state index is 12.3. The van der Waals surface area contributed by atoms with Crippen LogP contribution in [0.3, 0.4) is 0 Å². The van der Waals surface area contributed by atoms with Crippen LogP contribution in [0.4, 0.5) is 0 Å². The molecule has 1 fully saturated rings. The lowest BCUT2D eigenvalue weighted by atomic mass is 10.0. The summed E-state index contributed by atoms with van der Waals surface area (Å²) in [4.78, 5) is 24.7. The first-order valence-corrected chi connectivity index (χ1v) is 6.98. The fourth-order valence-corrected chi connectivity index (χ4v) is 2.47. The first-order valence-electron chi connectivity index (χ1n) is 6.98. The Hall–Kier alpha value is -1.92. The van der Waals surface area contributed by atoms with E-state index in [1.54, 1.807) is 4.90 Å². The van der Waals surface area contributed by atoms with Gasteiger partial charge in [0.2, 0.25) is 5.91 Å². The van der Waals surface area contributed by atoms with Gasteiger partial charge in [0.25, 0.3) is 0 Å². The number of amides is 1. The predicted octanol–water partition coefficient (Wildman–Crippen LogP) is 0.390. The molecule has 0 spiro atoms. The summed E-state index contributed by atoms with van der Waals surface area (Å²) in [6.07, 6.45) is -0.221. The first-order chi connectivity index (χ1) is 10.1. The van der Waals surface area contributed by atoms with Gasteiger partial charge in [-0.1, -0.05) is 24.3 Å². The number of carbonyl (C=O) groups excluding carboxylic acids is 1. The molecule has 0 saturated carbocycles. The number of carbonyl (C=O) groups is 2. The number of benzene rings is 1. The highest BCUT2D eigenvalue weighted by Crippen LogP contribution is 2.13. The zero-order valence-electron chi connectivity index (χ0n) is 11.8. The van der Waals surface area contributed by atoms with Crippen molar-refractivity contribution in [3.05, 3.63) is 35.4 Å². The Morgan fingerprint density at radius 2 is 2.05 bits per heavy atom. The van der Waals surface area contributed by atoms with Crippen molar-refractivity contribution in [2.24, 2.45) is 5.73 Å². The molecule has 1 heterocycles. The van der Waals surface area contributed by atoms with Crippen molar-refractivity contribution in [1.82, 2.24) is 4.90 Å². The van der Waals surface area contributed by atoms with Crippen LogP contribution < -0.4 is 5.73 Å². The van der Waals surface area contributed by atoms with Crippen LogP contribution in [0.2, 0.25) is 0 Å². The minimum atomic E-state index is -0.914. The summed E-state index contributed by atoms with van der Waals surface area (Å²) in [7, 11) is 0. The number of carboxylic acids is 1. The van der Waals surface area contributed by atoms with Crippen LogP contribution in [0, 0.1) is 0 Å². The van der Waals surface area contributed by atoms with Gasteiger partial charge in [-0.2, -0.15) is 0 Å². The van der Waals surface area contributed by atoms with Gasteiger partial charge >= 0.3 is 5.97 Å². The number of aliphatic carboxylic acids is 1. The molecule has 0 radical (unpaired) electrons. The van der Waals surface area contributed by atoms with Gasteiger partial charge in [0.15, 0.2) is 0 Å². The smallest absolute Gasteiger partial charge is 0.306 e. The summed E-state index contributed by atoms with van der Waals surface area (Å²) in [6.45, 7) is 1.60. The summed E-state index contributed by atoms with van der Waals surface area (Å²) < 4.78 is 5.37. The molecule has 1 unspecified atom stereocenters. The van der Waals surface area contributed by atoms with E-state index in [1.807, 2.05) is 24.3 Å². The van der Waals surface area contributed by atoms with Gasteiger partial charge in [-0.05, 0) is 11.1 Å². The standard InChI is InChI=1S/C15H20N2O4/c16-9-12-4-2-1-3-11(12)7-14(18)17-5-6-21-13(10-17)8-15(19)20/h1-4,13H,5-10,16H2,(H,19,20). The minimum Gasteiger partial charge on any atom is -0.481 e. The maximum atomic E-state index is 12.3. The average Bonchev–Trinajstić information content (AvgIpc) is 2.47. The van der Waals surface area contributed by atoms with E-state index >= 15 is 0 Å². The van der Waals surface area contributed by atoms with Gasteiger partial charge in [0, 0.05) is 19.6 Å². The number of hydrogen-bond donors (Lipinski definition) is 2. The third kappa shape index (κ3) is 4.27. The SMILES string of the molecule is NCc1ccccc1CC(=O)N1CCOC(CC(=O)O)C1. The highest BCUT2D eigenvalue weighted by molar-refractivity contribution is 5.79. The molecule has 1 aromatic carbocycles. The molecule has 0 bridgehead atoms. The highest BCUT2D eigenvalue weighted by Gasteiger charge is 2.26. The highest BCUT2D eigenvalue weighted by atomic mass is 16.5. The van der Waals surface area contributed by atoms with Crippen LogP contribution in [0.1, 0.15) is 17.5 Å². The van der Waals surface area contributed by atoms with Crippen LogP contribution in [-0.4, -0.2) is 47.7 Å². The van der Waals surface area contributed by atoms with E-state index in [2.05, 4.69) is 0 Å². The van der Waals surface area contributed by atoms with Gasteiger partial charge in [-0.15, -0.1) is 0 Å². The predicted molar refractivity (Wildman–Crippen MR) is 76.6 cm³/mol. The van der Waals surface area contributed by atoms with Gasteiger partial charge in [0.05, 0.1) is 25.6 Å². The Labute approximate surface area is 123 Å². The number of carboxylic acid groups (broad SMARTS) is 1. The van der Waals surface area contributed by atoms with Crippen molar-refractivity contribution in [2.45, 2.75) is 25.5 Å². The summed E-state index contributed by atoms with van der Waals surface area (Å²) in [5, 5.41) is 8.80. The second-order valence-corrected chi connectivity index (χ2v) is 5.08. The Balaban J connectivity index is 1.98. The molecule has 1 atom stereocenters. The molecular weight excluding hydrogens is 272 g/mol. The number of hydrogen-bond acceptors (Lipinski definition) is 4. The zero-order valence-corrected chi connectivity index (χ0v) is 11.8. The Morgan fingerprint density at radius 1 is 1.33 bits per heavy atom. The monoisotopic (exact) mass is 292 g/mol. The quantitative estimate of drug-likeness (QED) is 0.819. The molecular formula is C15H20N2O4. The van der Waals surface area contributed by atoms with E-state index < -0.39 is 12.1 Å². The number of ether oxygens (including phenoxy) is 1. The number of nitrogens with two attached hydrogens (primary N) is 1. The van der Waals surface area contributed by atoms with Gasteiger partial charge in [-0.3, -0.25) is 9.59 Å². The van der Waals surface area contributed by atoms with E-state index in [1.165, 1.54) is 0 Å². The third-order valence-corrected chi connectivity index (χ3v) is 3.57. The van der Waals surface area contributed by atoms with Crippen LogP contribution in [0.25, 0.3) is 0 Å². The third-order valence-electron chi connectivity index (χ3n) is 3.57. The summed E-state index contributed by atoms with van der Waals surface area (Å²) in [6, 6.07) is 7.59. The van der Waals surface area contributed by atoms with Crippen molar-refractivity contribution in [1.29, 1.82) is 0 Å². The van der Waals surface area contributed by atoms with E-state index in [0.29, 0.717) is 26.2 Å². The lowest BCUT2D eigenvalue weighted by molar-refractivity contribution is -0.147. The Morgan fingerprint density at radius 3 is 2.71 bits per heavy atom. The van der Waals surface area contributed by atoms with E-state index in [-0.39, 0.29) is 18.7 Å². The van der Waals surface area contributed by atoms with Crippen LogP contribution in [0.15, 0.2) is 24.3 Å². The summed E-state index contributed by atoms with van der Waals surface area (Å²) in [5.74, 6) is -0.933. The minimum absolute atomic E-state index is 0.0189. The van der Waals surface area contributed by atoms with Gasteiger partial charge < -0.3 is 20.5 Å². The van der Waals surface area contributed by atoms with Crippen molar-refractivity contribution < 1.29 is 19.4 Å². The first kappa shape index (κ1) is 15.5. The van der Waals surface area contributed by atoms with Crippen molar-refractivity contribution in [2.75, 3.05) is 19.7 Å². The fraction of sp³-hybridized carbons (Fsp3) is 0.467. The molecule has 0 aromatic heterocycles. The number of nitrogens with zero attached hydrogens (tertiary/aromatic N) is 1. The van der Waals surface area contributed by atoms with Crippen molar-refractivity contribution >= 4 is 11.9 Å². The average molecular weight is 292 g/mol. The van der Waals surface area contributed by atoms with E-state index in [9.17, 15) is 9.59 Å². The molecule has 21 heavy (non-hydrogen) atoms. The summed E-state index contributed by atoms with van der Waals surface area (Å²) in [5.41, 5.74) is 7.55. The van der Waals surface area contributed by atoms with E-state index in [4.69, 9.17) is 15.6 Å². The molecule has 6 heteroatoms. The molecule has 0 aliphatic carbocycles. The molecule has 6 nitrogen and oxygen atoms in total. The molecule has 1 amide bonds. The molecule has 1 aliphatic rings. The molecule has 3 N–H and O–H groups in total. The maximum Gasteiger partial charge on any atom is 0.306 e. The molecule has 1 saturated heterocycles. The Bertz CT molecular complexity index is 518. The second-order valence-electron chi connectivity index (χ2n) is 5.08. The van der Waals surface area contributed by atoms with Crippen molar-refractivity contribution in [3.8, 4) is 0 Å². The molecule has 2 rings (SSSR count). The number of morpholine rings is 1. The van der Waals surface area contributed by atoms with Crippen LogP contribution in [0.5, 0.6) is 0 Å². The molecule has 1 aromatic rings. The molecule has 114 valence electrons. The Kier molecular flexibility index (Phi) is 5.30. The lowest BCUT2D eigenvalue weighted by Gasteiger charge is -2.32. The lowest BCUT2D eigenvalue weighted by Crippen LogP contribution is -2.46. The van der Waals surface area contributed by atoms with E-state index in [0.717, 1.165) is 11.1 Å². The van der Waals surface area contributed by atoms with Gasteiger partial charge in [0.1, 0.15) is 0 Å².